The van der Waals surface area contributed by atoms with Gasteiger partial charge in [-0.25, -0.2) is 4.39 Å². The zero-order valence-electron chi connectivity index (χ0n) is 18.3. The van der Waals surface area contributed by atoms with E-state index in [1.54, 1.807) is 28.8 Å². The van der Waals surface area contributed by atoms with E-state index in [2.05, 4.69) is 17.1 Å². The molecule has 0 radical (unpaired) electrons. The average molecular weight is 440 g/mol. The van der Waals surface area contributed by atoms with Gasteiger partial charge in [0.1, 0.15) is 5.82 Å². The van der Waals surface area contributed by atoms with Crippen LogP contribution in [0.3, 0.4) is 0 Å². The molecular weight excluding hydrogens is 409 g/mol. The number of benzene rings is 1. The molecule has 0 unspecified atom stereocenters. The Labute approximate surface area is 187 Å². The summed E-state index contributed by atoms with van der Waals surface area (Å²) in [5.41, 5.74) is 1.27. The molecule has 1 amide bonds. The van der Waals surface area contributed by atoms with Crippen molar-refractivity contribution in [1.29, 1.82) is 0 Å². The molecule has 1 aromatic carbocycles. The van der Waals surface area contributed by atoms with E-state index >= 15 is 0 Å². The number of pyridine rings is 1. The first-order valence-corrected chi connectivity index (χ1v) is 11.7. The monoisotopic (exact) mass is 439 g/mol. The standard InChI is InChI=1S/C25H30FN3O3/c1-2-12-28-22-18(19(14-30)23(28)24(31)27-15-6-5-7-15)13-29-21(22)11-10-17(25(29)32)16-8-3-4-9-20(16)26/h3-4,8-11,15,18-19,22-23,30H,2,5-7,12-14H2,1H3,(H,27,31)/t18-,19-,22+,23-/m1/s1. The summed E-state index contributed by atoms with van der Waals surface area (Å²) in [5.74, 6) is -0.708. The van der Waals surface area contributed by atoms with Crippen molar-refractivity contribution in [2.75, 3.05) is 13.2 Å². The lowest BCUT2D eigenvalue weighted by Crippen LogP contribution is -2.52. The average Bonchev–Trinajstić information content (AvgIpc) is 3.27. The molecule has 2 fully saturated rings. The predicted molar refractivity (Wildman–Crippen MR) is 119 cm³/mol. The Bertz CT molecular complexity index is 1080. The van der Waals surface area contributed by atoms with Crippen molar-refractivity contribution in [3.8, 4) is 11.1 Å². The highest BCUT2D eigenvalue weighted by Crippen LogP contribution is 2.49. The molecule has 4 atom stereocenters. The fourth-order valence-corrected chi connectivity index (χ4v) is 5.85. The van der Waals surface area contributed by atoms with Gasteiger partial charge < -0.3 is 15.0 Å². The maximum absolute atomic E-state index is 14.4. The van der Waals surface area contributed by atoms with Crippen molar-refractivity contribution >= 4 is 5.91 Å². The molecule has 1 saturated heterocycles. The Balaban J connectivity index is 1.52. The number of aliphatic hydroxyl groups is 1. The van der Waals surface area contributed by atoms with Crippen molar-refractivity contribution in [1.82, 2.24) is 14.8 Å². The van der Waals surface area contributed by atoms with Crippen LogP contribution in [0, 0.1) is 17.7 Å². The molecule has 170 valence electrons. The van der Waals surface area contributed by atoms with E-state index in [0.29, 0.717) is 24.2 Å². The molecule has 2 N–H and O–H groups in total. The lowest BCUT2D eigenvalue weighted by molar-refractivity contribution is -0.129. The molecule has 3 heterocycles. The van der Waals surface area contributed by atoms with Crippen LogP contribution in [0.5, 0.6) is 0 Å². The van der Waals surface area contributed by atoms with Crippen LogP contribution in [0.25, 0.3) is 11.1 Å². The molecule has 2 aliphatic heterocycles. The molecule has 32 heavy (non-hydrogen) atoms. The number of rotatable bonds is 6. The first-order chi connectivity index (χ1) is 15.5. The first-order valence-electron chi connectivity index (χ1n) is 11.7. The second-order valence-electron chi connectivity index (χ2n) is 9.34. The van der Waals surface area contributed by atoms with E-state index in [4.69, 9.17) is 0 Å². The Morgan fingerprint density at radius 1 is 1.19 bits per heavy atom. The van der Waals surface area contributed by atoms with Gasteiger partial charge in [0.05, 0.1) is 17.6 Å². The minimum atomic E-state index is -0.420. The van der Waals surface area contributed by atoms with Gasteiger partial charge in [0.15, 0.2) is 0 Å². The SMILES string of the molecule is CCCN1[C@@H]2c3ccc(-c4ccccc4F)c(=O)n3C[C@@H]2[C@@H](CO)[C@@H]1C(=O)NC1CCC1. The Hall–Kier alpha value is -2.51. The number of hydrogen-bond donors (Lipinski definition) is 2. The van der Waals surface area contributed by atoms with Crippen molar-refractivity contribution in [3.05, 3.63) is 58.3 Å². The number of hydrogen-bond acceptors (Lipinski definition) is 4. The van der Waals surface area contributed by atoms with Gasteiger partial charge in [-0.15, -0.1) is 0 Å². The summed E-state index contributed by atoms with van der Waals surface area (Å²) in [7, 11) is 0. The highest BCUT2D eigenvalue weighted by Gasteiger charge is 2.55. The van der Waals surface area contributed by atoms with Crippen LogP contribution < -0.4 is 10.9 Å². The summed E-state index contributed by atoms with van der Waals surface area (Å²) in [4.78, 5) is 28.7. The third-order valence-electron chi connectivity index (χ3n) is 7.56. The zero-order chi connectivity index (χ0) is 22.4. The quantitative estimate of drug-likeness (QED) is 0.726. The summed E-state index contributed by atoms with van der Waals surface area (Å²) in [6.07, 6.45) is 4.04. The fourth-order valence-electron chi connectivity index (χ4n) is 5.85. The van der Waals surface area contributed by atoms with Crippen molar-refractivity contribution in [2.24, 2.45) is 11.8 Å². The maximum Gasteiger partial charge on any atom is 0.258 e. The van der Waals surface area contributed by atoms with Gasteiger partial charge in [0.2, 0.25) is 5.91 Å². The Morgan fingerprint density at radius 2 is 1.97 bits per heavy atom. The number of halogens is 1. The second-order valence-corrected chi connectivity index (χ2v) is 9.34. The largest absolute Gasteiger partial charge is 0.396 e. The zero-order valence-corrected chi connectivity index (χ0v) is 18.3. The van der Waals surface area contributed by atoms with Crippen molar-refractivity contribution < 1.29 is 14.3 Å². The summed E-state index contributed by atoms with van der Waals surface area (Å²) < 4.78 is 16.1. The van der Waals surface area contributed by atoms with Crippen molar-refractivity contribution in [2.45, 2.75) is 57.3 Å². The number of amides is 1. The van der Waals surface area contributed by atoms with Crippen LogP contribution in [0.4, 0.5) is 4.39 Å². The Morgan fingerprint density at radius 3 is 2.62 bits per heavy atom. The van der Waals surface area contributed by atoms with E-state index in [-0.39, 0.29) is 42.0 Å². The number of carbonyl (C=O) groups excluding carboxylic acids is 1. The number of nitrogens with one attached hydrogen (secondary N) is 1. The molecule has 7 heteroatoms. The Kier molecular flexibility index (Phi) is 5.63. The van der Waals surface area contributed by atoms with Gasteiger partial charge in [-0.2, -0.15) is 0 Å². The third-order valence-corrected chi connectivity index (χ3v) is 7.56. The molecule has 3 aliphatic rings. The minimum Gasteiger partial charge on any atom is -0.396 e. The molecule has 1 saturated carbocycles. The normalized spacial score (nSPS) is 27.1. The minimum absolute atomic E-state index is 0.00604. The topological polar surface area (TPSA) is 74.6 Å². The van der Waals surface area contributed by atoms with Crippen LogP contribution >= 0.6 is 0 Å². The molecule has 5 rings (SSSR count). The van der Waals surface area contributed by atoms with Crippen molar-refractivity contribution in [3.63, 3.8) is 0 Å². The highest BCUT2D eigenvalue weighted by molar-refractivity contribution is 5.83. The molecular formula is C25H30FN3O3. The summed E-state index contributed by atoms with van der Waals surface area (Å²) in [5, 5.41) is 13.5. The van der Waals surface area contributed by atoms with Crippen LogP contribution in [-0.2, 0) is 11.3 Å². The van der Waals surface area contributed by atoms with E-state index in [0.717, 1.165) is 31.4 Å². The number of aromatic nitrogens is 1. The summed E-state index contributed by atoms with van der Waals surface area (Å²) in [6, 6.07) is 9.65. The van der Waals surface area contributed by atoms with Gasteiger partial charge in [0, 0.05) is 42.3 Å². The molecule has 0 bridgehead atoms. The summed E-state index contributed by atoms with van der Waals surface area (Å²) in [6.45, 7) is 3.11. The molecule has 1 aromatic heterocycles. The second kappa shape index (κ2) is 8.45. The lowest BCUT2D eigenvalue weighted by Gasteiger charge is -2.34. The third kappa shape index (κ3) is 3.30. The predicted octanol–water partition coefficient (Wildman–Crippen LogP) is 2.70. The van der Waals surface area contributed by atoms with E-state index in [1.807, 2.05) is 6.07 Å². The number of aliphatic hydroxyl groups excluding tert-OH is 1. The summed E-state index contributed by atoms with van der Waals surface area (Å²) >= 11 is 0. The van der Waals surface area contributed by atoms with Gasteiger partial charge >= 0.3 is 0 Å². The number of carbonyl (C=O) groups is 1. The van der Waals surface area contributed by atoms with Gasteiger partial charge in [-0.1, -0.05) is 25.1 Å². The van der Waals surface area contributed by atoms with Gasteiger partial charge in [0.25, 0.3) is 5.56 Å². The maximum atomic E-state index is 14.4. The van der Waals surface area contributed by atoms with Crippen LogP contribution in [-0.4, -0.2) is 45.7 Å². The number of fused-ring (bicyclic) bond motifs is 3. The van der Waals surface area contributed by atoms with E-state index < -0.39 is 11.9 Å². The number of likely N-dealkylation sites (tertiary alicyclic amines) is 1. The van der Waals surface area contributed by atoms with E-state index in [1.165, 1.54) is 6.07 Å². The van der Waals surface area contributed by atoms with E-state index in [9.17, 15) is 19.1 Å². The van der Waals surface area contributed by atoms with Gasteiger partial charge in [-0.3, -0.25) is 14.5 Å². The lowest BCUT2D eigenvalue weighted by atomic mass is 9.87. The van der Waals surface area contributed by atoms with Crippen LogP contribution in [0.2, 0.25) is 0 Å². The molecule has 6 nitrogen and oxygen atoms in total. The molecule has 1 aliphatic carbocycles. The van der Waals surface area contributed by atoms with Crippen LogP contribution in [0.1, 0.15) is 44.3 Å². The molecule has 2 aromatic rings. The number of nitrogens with zero attached hydrogens (tertiary/aromatic N) is 2. The van der Waals surface area contributed by atoms with Gasteiger partial charge in [-0.05, 0) is 50.4 Å². The smallest absolute Gasteiger partial charge is 0.258 e. The fraction of sp³-hybridized carbons (Fsp3) is 0.520. The highest BCUT2D eigenvalue weighted by atomic mass is 19.1. The van der Waals surface area contributed by atoms with Crippen LogP contribution in [0.15, 0.2) is 41.2 Å². The first kappa shape index (κ1) is 21.3. The molecule has 0 spiro atoms.